The van der Waals surface area contributed by atoms with Crippen molar-refractivity contribution in [3.05, 3.63) is 68.0 Å². The van der Waals surface area contributed by atoms with Crippen molar-refractivity contribution in [2.45, 2.75) is 20.4 Å². The number of fused-ring (bicyclic) bond motifs is 1. The highest BCUT2D eigenvalue weighted by Gasteiger charge is 2.17. The molecule has 1 aromatic carbocycles. The number of nitrogens with zero attached hydrogens (tertiary/aromatic N) is 3. The first kappa shape index (κ1) is 18.4. The number of anilines is 1. The molecule has 0 aliphatic heterocycles. The Hall–Kier alpha value is -3.36. The number of hydrogen-bond donors (Lipinski definition) is 1. The predicted molar refractivity (Wildman–Crippen MR) is 95.7 cm³/mol. The molecule has 0 aliphatic rings. The zero-order chi connectivity index (χ0) is 19.9. The number of rotatable bonds is 3. The molecule has 140 valence electrons. The molecule has 0 spiro atoms. The highest BCUT2D eigenvalue weighted by molar-refractivity contribution is 5.90. The average Bonchev–Trinajstić information content (AvgIpc) is 2.58. The first-order valence-corrected chi connectivity index (χ1v) is 8.01. The lowest BCUT2D eigenvalue weighted by Crippen LogP contribution is -2.42. The van der Waals surface area contributed by atoms with Crippen LogP contribution in [0.1, 0.15) is 11.3 Å². The number of carbonyl (C=O) groups excluding carboxylic acids is 1. The molecule has 27 heavy (non-hydrogen) atoms. The monoisotopic (exact) mass is 374 g/mol. The van der Waals surface area contributed by atoms with Gasteiger partial charge >= 0.3 is 5.69 Å². The molecule has 1 N–H and O–H groups in total. The van der Waals surface area contributed by atoms with E-state index in [1.807, 2.05) is 0 Å². The fourth-order valence-electron chi connectivity index (χ4n) is 2.88. The summed E-state index contributed by atoms with van der Waals surface area (Å²) in [4.78, 5) is 41.7. The molecule has 0 atom stereocenters. The van der Waals surface area contributed by atoms with Gasteiger partial charge in [0.1, 0.15) is 23.8 Å². The van der Waals surface area contributed by atoms with E-state index in [2.05, 4.69) is 10.3 Å². The van der Waals surface area contributed by atoms with E-state index in [-0.39, 0.29) is 16.7 Å². The Kier molecular flexibility index (Phi) is 4.61. The second-order valence-electron chi connectivity index (χ2n) is 6.18. The first-order chi connectivity index (χ1) is 12.7. The van der Waals surface area contributed by atoms with Crippen LogP contribution in [0, 0.1) is 25.5 Å². The van der Waals surface area contributed by atoms with Crippen molar-refractivity contribution in [1.29, 1.82) is 0 Å². The SMILES string of the molecule is Cc1cc(C)c2c(=O)n(CC(=O)Nc3ccc(F)cc3F)c(=O)n(C)c2n1. The first-order valence-electron chi connectivity index (χ1n) is 8.01. The lowest BCUT2D eigenvalue weighted by Gasteiger charge is -2.12. The normalized spacial score (nSPS) is 11.0. The number of aromatic nitrogens is 3. The van der Waals surface area contributed by atoms with Crippen LogP contribution in [0.5, 0.6) is 0 Å². The van der Waals surface area contributed by atoms with Gasteiger partial charge in [-0.2, -0.15) is 0 Å². The third-order valence-electron chi connectivity index (χ3n) is 4.13. The van der Waals surface area contributed by atoms with Crippen molar-refractivity contribution >= 4 is 22.6 Å². The summed E-state index contributed by atoms with van der Waals surface area (Å²) in [5.41, 5.74) is -0.134. The van der Waals surface area contributed by atoms with E-state index in [1.165, 1.54) is 11.6 Å². The molecule has 0 bridgehead atoms. The van der Waals surface area contributed by atoms with Crippen LogP contribution >= 0.6 is 0 Å². The van der Waals surface area contributed by atoms with E-state index in [0.29, 0.717) is 17.3 Å². The van der Waals surface area contributed by atoms with Gasteiger partial charge in [-0.15, -0.1) is 0 Å². The summed E-state index contributed by atoms with van der Waals surface area (Å²) < 4.78 is 28.6. The third-order valence-corrected chi connectivity index (χ3v) is 4.13. The van der Waals surface area contributed by atoms with E-state index in [4.69, 9.17) is 0 Å². The van der Waals surface area contributed by atoms with Crippen LogP contribution < -0.4 is 16.6 Å². The molecule has 1 amide bonds. The number of pyridine rings is 1. The number of hydrogen-bond acceptors (Lipinski definition) is 4. The highest BCUT2D eigenvalue weighted by atomic mass is 19.1. The lowest BCUT2D eigenvalue weighted by atomic mass is 10.2. The van der Waals surface area contributed by atoms with Crippen molar-refractivity contribution in [3.8, 4) is 0 Å². The molecule has 0 aliphatic carbocycles. The Bertz CT molecular complexity index is 1200. The molecule has 3 aromatic rings. The summed E-state index contributed by atoms with van der Waals surface area (Å²) >= 11 is 0. The quantitative estimate of drug-likeness (QED) is 0.755. The molecule has 0 unspecified atom stereocenters. The predicted octanol–water partition coefficient (Wildman–Crippen LogP) is 1.63. The van der Waals surface area contributed by atoms with Crippen LogP contribution in [0.15, 0.2) is 33.9 Å². The zero-order valence-corrected chi connectivity index (χ0v) is 14.8. The Morgan fingerprint density at radius 2 is 1.89 bits per heavy atom. The molecule has 0 radical (unpaired) electrons. The topological polar surface area (TPSA) is 86.0 Å². The Labute approximate surface area is 151 Å². The van der Waals surface area contributed by atoms with E-state index < -0.39 is 35.3 Å². The van der Waals surface area contributed by atoms with Crippen molar-refractivity contribution in [1.82, 2.24) is 14.1 Å². The number of carbonyl (C=O) groups is 1. The lowest BCUT2D eigenvalue weighted by molar-refractivity contribution is -0.116. The van der Waals surface area contributed by atoms with Gasteiger partial charge in [0, 0.05) is 18.8 Å². The minimum absolute atomic E-state index is 0.225. The maximum Gasteiger partial charge on any atom is 0.332 e. The summed E-state index contributed by atoms with van der Waals surface area (Å²) in [6.07, 6.45) is 0. The Morgan fingerprint density at radius 3 is 2.56 bits per heavy atom. The second-order valence-corrected chi connectivity index (χ2v) is 6.18. The molecule has 2 aromatic heterocycles. The van der Waals surface area contributed by atoms with E-state index >= 15 is 0 Å². The maximum absolute atomic E-state index is 13.7. The molecule has 7 nitrogen and oxygen atoms in total. The number of nitrogens with one attached hydrogen (secondary N) is 1. The van der Waals surface area contributed by atoms with E-state index in [1.54, 1.807) is 19.9 Å². The number of benzene rings is 1. The molecule has 0 fully saturated rings. The van der Waals surface area contributed by atoms with Crippen molar-refractivity contribution < 1.29 is 13.6 Å². The van der Waals surface area contributed by atoms with Gasteiger partial charge in [0.15, 0.2) is 0 Å². The van der Waals surface area contributed by atoms with Crippen LogP contribution in [0.4, 0.5) is 14.5 Å². The molecular weight excluding hydrogens is 358 g/mol. The molecule has 0 saturated heterocycles. The summed E-state index contributed by atoms with van der Waals surface area (Å²) in [7, 11) is 1.45. The second kappa shape index (κ2) is 6.75. The van der Waals surface area contributed by atoms with Gasteiger partial charge in [-0.3, -0.25) is 18.7 Å². The van der Waals surface area contributed by atoms with Gasteiger partial charge in [-0.1, -0.05) is 0 Å². The maximum atomic E-state index is 13.7. The van der Waals surface area contributed by atoms with Gasteiger partial charge in [0.25, 0.3) is 5.56 Å². The number of aryl methyl sites for hydroxylation is 3. The standard InChI is InChI=1S/C18H16F2N4O3/c1-9-6-10(2)21-16-15(9)17(26)24(18(27)23(16)3)8-14(25)22-13-5-4-11(19)7-12(13)20/h4-7H,8H2,1-3H3,(H,22,25). The largest absolute Gasteiger partial charge is 0.332 e. The van der Waals surface area contributed by atoms with E-state index in [9.17, 15) is 23.2 Å². The summed E-state index contributed by atoms with van der Waals surface area (Å²) in [5, 5.41) is 2.45. The van der Waals surface area contributed by atoms with Gasteiger partial charge in [-0.05, 0) is 37.6 Å². The van der Waals surface area contributed by atoms with Crippen molar-refractivity contribution in [2.75, 3.05) is 5.32 Å². The van der Waals surface area contributed by atoms with Gasteiger partial charge < -0.3 is 5.32 Å². The van der Waals surface area contributed by atoms with Gasteiger partial charge in [0.05, 0.1) is 11.1 Å². The minimum atomic E-state index is -0.961. The number of halogens is 2. The fraction of sp³-hybridized carbons (Fsp3) is 0.222. The number of amides is 1. The zero-order valence-electron chi connectivity index (χ0n) is 14.8. The molecule has 2 heterocycles. The molecule has 0 saturated carbocycles. The van der Waals surface area contributed by atoms with Crippen LogP contribution in [0.2, 0.25) is 0 Å². The molecule has 9 heteroatoms. The van der Waals surface area contributed by atoms with Crippen molar-refractivity contribution in [3.63, 3.8) is 0 Å². The fourth-order valence-corrected chi connectivity index (χ4v) is 2.88. The average molecular weight is 374 g/mol. The third kappa shape index (κ3) is 3.35. The smallest absolute Gasteiger partial charge is 0.322 e. The minimum Gasteiger partial charge on any atom is -0.322 e. The highest BCUT2D eigenvalue weighted by Crippen LogP contribution is 2.15. The summed E-state index contributed by atoms with van der Waals surface area (Å²) in [5.74, 6) is -2.54. The van der Waals surface area contributed by atoms with Crippen LogP contribution in [-0.4, -0.2) is 20.0 Å². The Balaban J connectivity index is 2.03. The summed E-state index contributed by atoms with van der Waals surface area (Å²) in [6.45, 7) is 2.83. The van der Waals surface area contributed by atoms with Crippen LogP contribution in [0.3, 0.4) is 0 Å². The molecular formula is C18H16F2N4O3. The van der Waals surface area contributed by atoms with Crippen LogP contribution in [0.25, 0.3) is 11.0 Å². The van der Waals surface area contributed by atoms with Gasteiger partial charge in [0.2, 0.25) is 5.91 Å². The Morgan fingerprint density at radius 1 is 1.19 bits per heavy atom. The van der Waals surface area contributed by atoms with E-state index in [0.717, 1.165) is 16.7 Å². The molecule has 3 rings (SSSR count). The van der Waals surface area contributed by atoms with Gasteiger partial charge in [-0.25, -0.2) is 18.6 Å². The summed E-state index contributed by atoms with van der Waals surface area (Å²) in [6, 6.07) is 4.36. The van der Waals surface area contributed by atoms with Crippen molar-refractivity contribution in [2.24, 2.45) is 7.05 Å². The van der Waals surface area contributed by atoms with Crippen LogP contribution in [-0.2, 0) is 18.4 Å².